The molecule has 5 rings (SSSR count). The number of fused-ring (bicyclic) bond motifs is 2. The summed E-state index contributed by atoms with van der Waals surface area (Å²) in [7, 11) is 0. The van der Waals surface area contributed by atoms with Crippen LogP contribution in [0.1, 0.15) is 98.3 Å². The summed E-state index contributed by atoms with van der Waals surface area (Å²) in [4.78, 5) is 34.2. The molecule has 1 heterocycles. The number of carbonyl (C=O) groups excluding carboxylic acids is 3. The van der Waals surface area contributed by atoms with Gasteiger partial charge in [0.15, 0.2) is 0 Å². The summed E-state index contributed by atoms with van der Waals surface area (Å²) in [5.41, 5.74) is -0.0808. The van der Waals surface area contributed by atoms with Gasteiger partial charge in [0.05, 0.1) is 17.8 Å². The molecule has 0 aromatic carbocycles. The summed E-state index contributed by atoms with van der Waals surface area (Å²) in [6.07, 6.45) is 13.8. The van der Waals surface area contributed by atoms with E-state index in [0.717, 1.165) is 31.1 Å². The van der Waals surface area contributed by atoms with Crippen LogP contribution in [0.5, 0.6) is 0 Å². The molecule has 5 nitrogen and oxygen atoms in total. The second kappa shape index (κ2) is 9.46. The fourth-order valence-electron chi connectivity index (χ4n) is 7.38. The van der Waals surface area contributed by atoms with Crippen LogP contribution in [0.25, 0.3) is 0 Å². The lowest BCUT2D eigenvalue weighted by atomic mass is 9.73. The highest BCUT2D eigenvalue weighted by atomic mass is 16.6. The van der Waals surface area contributed by atoms with E-state index in [1.807, 2.05) is 0 Å². The molecule has 1 saturated heterocycles. The quantitative estimate of drug-likeness (QED) is 0.411. The third-order valence-corrected chi connectivity index (χ3v) is 10.00. The Kier molecular flexibility index (Phi) is 7.03. The number of ether oxygens (including phenoxy) is 2. The molecule has 0 N–H and O–H groups in total. The highest BCUT2D eigenvalue weighted by Gasteiger charge is 2.53. The van der Waals surface area contributed by atoms with Crippen LogP contribution in [-0.4, -0.2) is 23.5 Å². The molecule has 32 heavy (non-hydrogen) atoms. The Morgan fingerprint density at radius 2 is 1.44 bits per heavy atom. The van der Waals surface area contributed by atoms with Crippen molar-refractivity contribution >= 4 is 17.9 Å². The molecule has 0 radical (unpaired) electrons. The van der Waals surface area contributed by atoms with Gasteiger partial charge in [-0.15, -0.1) is 0 Å². The van der Waals surface area contributed by atoms with E-state index >= 15 is 0 Å². The summed E-state index contributed by atoms with van der Waals surface area (Å²) in [6, 6.07) is 0. The number of carbonyl (C=O) groups is 3. The molecule has 180 valence electrons. The van der Waals surface area contributed by atoms with Crippen molar-refractivity contribution in [3.8, 4) is 0 Å². The molecule has 4 aliphatic carbocycles. The van der Waals surface area contributed by atoms with Crippen LogP contribution in [0.15, 0.2) is 0 Å². The predicted octanol–water partition coefficient (Wildman–Crippen LogP) is 5.69. The lowest BCUT2D eigenvalue weighted by Crippen LogP contribution is -2.45. The summed E-state index contributed by atoms with van der Waals surface area (Å²) < 4.78 is 10.8. The van der Waals surface area contributed by atoms with Crippen molar-refractivity contribution in [2.24, 2.45) is 47.3 Å². The van der Waals surface area contributed by atoms with Crippen LogP contribution < -0.4 is 0 Å². The monoisotopic (exact) mass is 446 g/mol. The van der Waals surface area contributed by atoms with Gasteiger partial charge in [0.1, 0.15) is 5.60 Å². The van der Waals surface area contributed by atoms with E-state index in [0.29, 0.717) is 17.8 Å². The summed E-state index contributed by atoms with van der Waals surface area (Å²) >= 11 is 0. The van der Waals surface area contributed by atoms with E-state index in [1.165, 1.54) is 51.4 Å². The minimum atomic E-state index is -0.396. The Hall–Kier alpha value is -1.39. The van der Waals surface area contributed by atoms with E-state index in [-0.39, 0.29) is 29.3 Å². The van der Waals surface area contributed by atoms with Crippen molar-refractivity contribution in [2.75, 3.05) is 0 Å². The first kappa shape index (κ1) is 23.8. The Labute approximate surface area is 193 Å². The normalized spacial score (nSPS) is 40.7. The molecule has 5 heteroatoms. The third-order valence-electron chi connectivity index (χ3n) is 10.00. The standard InChI is InChI=1S/C21H34O2.C6H8O3/c1-14-15(2)18-12-16(14)13-19(18)20(22)23-21(10-6-3-7-11-21)17-8-4-5-9-17;1-3-4(2)6(8)9-5(3)7/h14-19H,3-13H2,1-2H3;3-4H,1-2H3. The van der Waals surface area contributed by atoms with E-state index in [2.05, 4.69) is 18.6 Å². The first-order valence-corrected chi connectivity index (χ1v) is 13.2. The summed E-state index contributed by atoms with van der Waals surface area (Å²) in [6.45, 7) is 8.13. The molecule has 0 aromatic heterocycles. The second-order valence-corrected chi connectivity index (χ2v) is 11.6. The van der Waals surface area contributed by atoms with Gasteiger partial charge in [0.25, 0.3) is 0 Å². The maximum atomic E-state index is 13.1. The van der Waals surface area contributed by atoms with Crippen LogP contribution in [0.2, 0.25) is 0 Å². The lowest BCUT2D eigenvalue weighted by molar-refractivity contribution is -0.179. The molecule has 2 bridgehead atoms. The van der Waals surface area contributed by atoms with Gasteiger partial charge in [-0.25, -0.2) is 0 Å². The van der Waals surface area contributed by atoms with Gasteiger partial charge in [-0.3, -0.25) is 14.4 Å². The van der Waals surface area contributed by atoms with Crippen molar-refractivity contribution in [3.63, 3.8) is 0 Å². The van der Waals surface area contributed by atoms with Gasteiger partial charge in [0, 0.05) is 0 Å². The van der Waals surface area contributed by atoms with Crippen LogP contribution >= 0.6 is 0 Å². The first-order chi connectivity index (χ1) is 15.2. The first-order valence-electron chi connectivity index (χ1n) is 13.2. The largest absolute Gasteiger partial charge is 0.459 e. The van der Waals surface area contributed by atoms with Gasteiger partial charge in [0.2, 0.25) is 0 Å². The fraction of sp³-hybridized carbons (Fsp3) is 0.889. The Morgan fingerprint density at radius 1 is 0.844 bits per heavy atom. The fourth-order valence-corrected chi connectivity index (χ4v) is 7.38. The average molecular weight is 447 g/mol. The zero-order valence-electron chi connectivity index (χ0n) is 20.4. The van der Waals surface area contributed by atoms with Crippen LogP contribution in [0.4, 0.5) is 0 Å². The zero-order chi connectivity index (χ0) is 23.0. The van der Waals surface area contributed by atoms with Gasteiger partial charge >= 0.3 is 17.9 Å². The molecule has 7 atom stereocenters. The molecular formula is C27H42O5. The third kappa shape index (κ3) is 4.37. The van der Waals surface area contributed by atoms with Crippen molar-refractivity contribution < 1.29 is 23.9 Å². The Bertz CT molecular complexity index is 698. The highest BCUT2D eigenvalue weighted by Crippen LogP contribution is 2.56. The Morgan fingerprint density at radius 3 is 1.91 bits per heavy atom. The minimum absolute atomic E-state index is 0.0808. The molecule has 0 spiro atoms. The number of rotatable bonds is 3. The molecule has 7 unspecified atom stereocenters. The van der Waals surface area contributed by atoms with Crippen molar-refractivity contribution in [1.29, 1.82) is 0 Å². The van der Waals surface area contributed by atoms with Crippen LogP contribution in [-0.2, 0) is 23.9 Å². The number of cyclic esters (lactones) is 2. The zero-order valence-corrected chi connectivity index (χ0v) is 20.4. The number of esters is 3. The van der Waals surface area contributed by atoms with Crippen LogP contribution in [0.3, 0.4) is 0 Å². The molecular weight excluding hydrogens is 404 g/mol. The number of hydrogen-bond acceptors (Lipinski definition) is 5. The second-order valence-electron chi connectivity index (χ2n) is 11.6. The van der Waals surface area contributed by atoms with Crippen molar-refractivity contribution in [2.45, 2.75) is 104 Å². The molecule has 5 aliphatic rings. The highest BCUT2D eigenvalue weighted by molar-refractivity contribution is 5.95. The summed E-state index contributed by atoms with van der Waals surface area (Å²) in [5, 5.41) is 0. The van der Waals surface area contributed by atoms with E-state index in [1.54, 1.807) is 13.8 Å². The average Bonchev–Trinajstić information content (AvgIpc) is 3.56. The summed E-state index contributed by atoms with van der Waals surface area (Å²) in [5.74, 6) is 2.66. The van der Waals surface area contributed by atoms with Crippen molar-refractivity contribution in [3.05, 3.63) is 0 Å². The Balaban J connectivity index is 0.000000230. The van der Waals surface area contributed by atoms with Gasteiger partial charge in [-0.1, -0.05) is 47.0 Å². The molecule has 5 fully saturated rings. The van der Waals surface area contributed by atoms with Gasteiger partial charge in [-0.05, 0) is 81.0 Å². The van der Waals surface area contributed by atoms with Gasteiger partial charge < -0.3 is 9.47 Å². The van der Waals surface area contributed by atoms with Gasteiger partial charge in [-0.2, -0.15) is 0 Å². The van der Waals surface area contributed by atoms with Crippen LogP contribution in [0, 0.1) is 47.3 Å². The maximum absolute atomic E-state index is 13.1. The topological polar surface area (TPSA) is 69.7 Å². The molecule has 4 saturated carbocycles. The van der Waals surface area contributed by atoms with E-state index < -0.39 is 11.9 Å². The maximum Gasteiger partial charge on any atom is 0.317 e. The van der Waals surface area contributed by atoms with E-state index in [4.69, 9.17) is 4.74 Å². The SMILES string of the molecule is CC1C(=O)OC(=O)C1C.CC1C2CC(C(=O)OC3(C4CCCC4)CCCCC3)C(C2)C1C. The number of hydrogen-bond donors (Lipinski definition) is 0. The molecule has 1 aliphatic heterocycles. The minimum Gasteiger partial charge on any atom is -0.459 e. The van der Waals surface area contributed by atoms with E-state index in [9.17, 15) is 14.4 Å². The predicted molar refractivity (Wildman–Crippen MR) is 121 cm³/mol. The lowest BCUT2D eigenvalue weighted by Gasteiger charge is -2.43. The molecule has 0 aromatic rings. The van der Waals surface area contributed by atoms with Crippen molar-refractivity contribution in [1.82, 2.24) is 0 Å². The molecule has 0 amide bonds. The smallest absolute Gasteiger partial charge is 0.317 e.